The number of amides is 1. The van der Waals surface area contributed by atoms with Gasteiger partial charge in [0.15, 0.2) is 0 Å². The van der Waals surface area contributed by atoms with Gasteiger partial charge in [0, 0.05) is 48.9 Å². The molecular formula is C32H40F3N7O2. The first-order valence-electron chi connectivity index (χ1n) is 15.0. The van der Waals surface area contributed by atoms with Crippen LogP contribution in [-0.2, 0) is 23.9 Å². The highest BCUT2D eigenvalue weighted by Crippen LogP contribution is 2.46. The maximum atomic E-state index is 13.8. The lowest BCUT2D eigenvalue weighted by atomic mass is 9.95. The molecule has 1 saturated heterocycles. The van der Waals surface area contributed by atoms with Gasteiger partial charge in [-0.2, -0.15) is 28.4 Å². The topological polar surface area (TPSA) is 88.8 Å². The lowest BCUT2D eigenvalue weighted by Gasteiger charge is -2.43. The fourth-order valence-corrected chi connectivity index (χ4v) is 6.60. The smallest absolute Gasteiger partial charge is 0.416 e. The van der Waals surface area contributed by atoms with Crippen molar-refractivity contribution in [1.82, 2.24) is 19.8 Å². The SMILES string of the molecule is C=CC(=O)N1CCN(c2nc(OCC3(CN(C)C)CC3)nc3c2C[C@H](C)N(c2cccc(C(F)(F)F)c2C)C3)CC1CC#N. The molecule has 2 aliphatic heterocycles. The van der Waals surface area contributed by atoms with E-state index in [0.717, 1.165) is 31.0 Å². The number of alkyl halides is 3. The molecule has 5 rings (SSSR count). The second-order valence-electron chi connectivity index (χ2n) is 12.6. The Kier molecular flexibility index (Phi) is 8.80. The summed E-state index contributed by atoms with van der Waals surface area (Å²) in [4.78, 5) is 30.2. The van der Waals surface area contributed by atoms with Crippen LogP contribution in [0.25, 0.3) is 0 Å². The normalized spacial score (nSPS) is 21.1. The molecule has 1 unspecified atom stereocenters. The van der Waals surface area contributed by atoms with Crippen LogP contribution in [0, 0.1) is 23.7 Å². The van der Waals surface area contributed by atoms with E-state index >= 15 is 0 Å². The van der Waals surface area contributed by atoms with Crippen molar-refractivity contribution in [3.05, 3.63) is 53.2 Å². The number of ether oxygens (including phenoxy) is 1. The molecule has 44 heavy (non-hydrogen) atoms. The fourth-order valence-electron chi connectivity index (χ4n) is 6.60. The molecule has 2 aromatic rings. The number of anilines is 2. The van der Waals surface area contributed by atoms with Crippen LogP contribution in [0.3, 0.4) is 0 Å². The van der Waals surface area contributed by atoms with Gasteiger partial charge in [0.1, 0.15) is 5.82 Å². The first kappa shape index (κ1) is 31.6. The molecule has 1 aromatic carbocycles. The van der Waals surface area contributed by atoms with Gasteiger partial charge in [-0.25, -0.2) is 0 Å². The van der Waals surface area contributed by atoms with Crippen LogP contribution in [0.5, 0.6) is 6.01 Å². The Morgan fingerprint density at radius 1 is 1.27 bits per heavy atom. The highest BCUT2D eigenvalue weighted by molar-refractivity contribution is 5.87. The maximum absolute atomic E-state index is 13.8. The zero-order chi connectivity index (χ0) is 31.8. The van der Waals surface area contributed by atoms with Crippen LogP contribution in [0.2, 0.25) is 0 Å². The van der Waals surface area contributed by atoms with Crippen LogP contribution in [0.15, 0.2) is 30.9 Å². The number of carbonyl (C=O) groups is 1. The Morgan fingerprint density at radius 3 is 2.66 bits per heavy atom. The van der Waals surface area contributed by atoms with Crippen LogP contribution in [-0.4, -0.2) is 84.6 Å². The minimum atomic E-state index is -4.45. The van der Waals surface area contributed by atoms with Crippen molar-refractivity contribution >= 4 is 17.4 Å². The number of hydrogen-bond acceptors (Lipinski definition) is 8. The number of aromatic nitrogens is 2. The van der Waals surface area contributed by atoms with E-state index in [1.54, 1.807) is 11.0 Å². The molecule has 0 spiro atoms. The summed E-state index contributed by atoms with van der Waals surface area (Å²) in [5, 5.41) is 9.51. The Morgan fingerprint density at radius 2 is 2.02 bits per heavy atom. The summed E-state index contributed by atoms with van der Waals surface area (Å²) in [5.41, 5.74) is 1.73. The van der Waals surface area contributed by atoms with Crippen LogP contribution in [0.4, 0.5) is 24.7 Å². The Balaban J connectivity index is 1.51. The molecule has 9 nitrogen and oxygen atoms in total. The molecule has 0 radical (unpaired) electrons. The molecule has 1 aromatic heterocycles. The van der Waals surface area contributed by atoms with Gasteiger partial charge in [0.25, 0.3) is 0 Å². The van der Waals surface area contributed by atoms with Crippen molar-refractivity contribution in [2.45, 2.75) is 64.3 Å². The van der Waals surface area contributed by atoms with Gasteiger partial charge in [0.05, 0.1) is 42.9 Å². The number of benzene rings is 1. The number of hydrogen-bond donors (Lipinski definition) is 0. The highest BCUT2D eigenvalue weighted by Gasteiger charge is 2.44. The monoisotopic (exact) mass is 611 g/mol. The predicted octanol–water partition coefficient (Wildman–Crippen LogP) is 4.59. The lowest BCUT2D eigenvalue weighted by molar-refractivity contribution is -0.138. The number of fused-ring (bicyclic) bond motifs is 1. The van der Waals surface area contributed by atoms with Gasteiger partial charge < -0.3 is 24.3 Å². The second kappa shape index (κ2) is 12.3. The van der Waals surface area contributed by atoms with Crippen LogP contribution < -0.4 is 14.5 Å². The van der Waals surface area contributed by atoms with Crippen LogP contribution in [0.1, 0.15) is 48.6 Å². The molecule has 2 atom stereocenters. The summed E-state index contributed by atoms with van der Waals surface area (Å²) in [6, 6.07) is 6.26. The Labute approximate surface area is 256 Å². The van der Waals surface area contributed by atoms with E-state index in [1.807, 2.05) is 25.9 Å². The zero-order valence-electron chi connectivity index (χ0n) is 25.8. The van der Waals surface area contributed by atoms with Crippen molar-refractivity contribution in [1.29, 1.82) is 5.26 Å². The van der Waals surface area contributed by atoms with E-state index in [0.29, 0.717) is 56.4 Å². The van der Waals surface area contributed by atoms with E-state index in [9.17, 15) is 23.2 Å². The average Bonchev–Trinajstić information content (AvgIpc) is 3.73. The molecule has 0 bridgehead atoms. The van der Waals surface area contributed by atoms with Crippen molar-refractivity contribution in [2.75, 3.05) is 56.7 Å². The number of nitriles is 1. The summed E-state index contributed by atoms with van der Waals surface area (Å²) >= 11 is 0. The van der Waals surface area contributed by atoms with E-state index in [2.05, 4.69) is 22.4 Å². The third-order valence-electron chi connectivity index (χ3n) is 9.01. The van der Waals surface area contributed by atoms with Gasteiger partial charge in [-0.05, 0) is 71.0 Å². The summed E-state index contributed by atoms with van der Waals surface area (Å²) in [5.74, 6) is 0.485. The van der Waals surface area contributed by atoms with Gasteiger partial charge in [-0.3, -0.25) is 4.79 Å². The van der Waals surface area contributed by atoms with E-state index in [4.69, 9.17) is 14.7 Å². The molecule has 2 fully saturated rings. The minimum Gasteiger partial charge on any atom is -0.463 e. The summed E-state index contributed by atoms with van der Waals surface area (Å²) < 4.78 is 47.6. The maximum Gasteiger partial charge on any atom is 0.416 e. The molecule has 236 valence electrons. The molecule has 1 saturated carbocycles. The molecule has 12 heteroatoms. The van der Waals surface area contributed by atoms with Crippen LogP contribution >= 0.6 is 0 Å². The Hall–Kier alpha value is -3.85. The second-order valence-corrected chi connectivity index (χ2v) is 12.6. The summed E-state index contributed by atoms with van der Waals surface area (Å²) in [7, 11) is 4.07. The average molecular weight is 612 g/mol. The van der Waals surface area contributed by atoms with Crippen molar-refractivity contribution < 1.29 is 22.7 Å². The molecule has 1 amide bonds. The number of rotatable bonds is 9. The molecule has 3 heterocycles. The number of piperazine rings is 1. The van der Waals surface area contributed by atoms with Gasteiger partial charge >= 0.3 is 12.2 Å². The molecular weight excluding hydrogens is 571 g/mol. The molecule has 1 aliphatic carbocycles. The third kappa shape index (κ3) is 6.48. The Bertz CT molecular complexity index is 1450. The summed E-state index contributed by atoms with van der Waals surface area (Å²) in [6.45, 7) is 10.1. The third-order valence-corrected chi connectivity index (χ3v) is 9.01. The van der Waals surface area contributed by atoms with Crippen molar-refractivity contribution in [3.63, 3.8) is 0 Å². The van der Waals surface area contributed by atoms with Gasteiger partial charge in [-0.15, -0.1) is 0 Å². The van der Waals surface area contributed by atoms with E-state index in [1.165, 1.54) is 19.1 Å². The molecule has 0 N–H and O–H groups in total. The molecule has 3 aliphatic rings. The first-order chi connectivity index (χ1) is 20.9. The van der Waals surface area contributed by atoms with Crippen molar-refractivity contribution in [3.8, 4) is 12.1 Å². The lowest BCUT2D eigenvalue weighted by Crippen LogP contribution is -2.55. The number of carbonyl (C=O) groups excluding carboxylic acids is 1. The highest BCUT2D eigenvalue weighted by atomic mass is 19.4. The largest absolute Gasteiger partial charge is 0.463 e. The van der Waals surface area contributed by atoms with Gasteiger partial charge in [0.2, 0.25) is 5.91 Å². The predicted molar refractivity (Wildman–Crippen MR) is 161 cm³/mol. The fraction of sp³-hybridized carbons (Fsp3) is 0.562. The van der Waals surface area contributed by atoms with Gasteiger partial charge in [-0.1, -0.05) is 12.6 Å². The standard InChI is InChI=1S/C32H40F3N7O2/c1-6-28(43)41-15-14-40(17-23(41)10-13-36)29-24-16-21(2)42(27-9-7-8-25(22(27)3)32(33,34)35)18-26(24)37-30(38-29)44-20-31(11-12-31)19-39(4)5/h6-9,21,23H,1,10-12,14-20H2,2-5H3/t21-,23?/m0/s1. The van der Waals surface area contributed by atoms with E-state index in [-0.39, 0.29) is 41.4 Å². The quantitative estimate of drug-likeness (QED) is 0.381. The zero-order valence-corrected chi connectivity index (χ0v) is 25.8. The number of nitrogens with zero attached hydrogens (tertiary/aromatic N) is 7. The van der Waals surface area contributed by atoms with E-state index < -0.39 is 11.7 Å². The minimum absolute atomic E-state index is 0.0488. The first-order valence-corrected chi connectivity index (χ1v) is 15.0. The number of halogens is 3. The van der Waals surface area contributed by atoms with Crippen molar-refractivity contribution in [2.24, 2.45) is 5.41 Å². The summed E-state index contributed by atoms with van der Waals surface area (Å²) in [6.07, 6.45) is -0.394.